The highest BCUT2D eigenvalue weighted by Crippen LogP contribution is 2.22. The van der Waals surface area contributed by atoms with E-state index in [1.807, 2.05) is 13.8 Å². The first kappa shape index (κ1) is 15.7. The van der Waals surface area contributed by atoms with Crippen molar-refractivity contribution in [3.8, 4) is 11.9 Å². The summed E-state index contributed by atoms with van der Waals surface area (Å²) >= 11 is 0. The lowest BCUT2D eigenvalue weighted by molar-refractivity contribution is 0.244. The lowest BCUT2D eigenvalue weighted by Crippen LogP contribution is -2.30. The minimum atomic E-state index is 0.398. The molecule has 1 fully saturated rings. The number of hydrogen-bond donors (Lipinski definition) is 1. The number of rotatable bonds is 6. The van der Waals surface area contributed by atoms with Gasteiger partial charge in [0, 0.05) is 0 Å². The lowest BCUT2D eigenvalue weighted by atomic mass is 9.97. The molecule has 0 saturated carbocycles. The average molecular weight is 288 g/mol. The Hall–Kier alpha value is -1.67. The van der Waals surface area contributed by atoms with E-state index >= 15 is 0 Å². The molecule has 0 amide bonds. The van der Waals surface area contributed by atoms with Crippen LogP contribution in [0.25, 0.3) is 0 Å². The van der Waals surface area contributed by atoms with Crippen LogP contribution in [0.2, 0.25) is 0 Å². The first-order valence-corrected chi connectivity index (χ1v) is 7.92. The van der Waals surface area contributed by atoms with E-state index in [1.165, 1.54) is 12.8 Å². The highest BCUT2D eigenvalue weighted by molar-refractivity contribution is 5.46. The molecule has 0 bridgehead atoms. The molecule has 1 unspecified atom stereocenters. The summed E-state index contributed by atoms with van der Waals surface area (Å²) in [4.78, 5) is 0. The third kappa shape index (κ3) is 3.92. The molecule has 1 aliphatic heterocycles. The number of hydrogen-bond acceptors (Lipinski definition) is 5. The van der Waals surface area contributed by atoms with Crippen molar-refractivity contribution in [1.82, 2.24) is 15.5 Å². The van der Waals surface area contributed by atoms with Crippen LogP contribution in [0, 0.1) is 17.2 Å². The molecule has 1 atom stereocenters. The summed E-state index contributed by atoms with van der Waals surface area (Å²) in [6.45, 7) is 6.86. The summed E-state index contributed by atoms with van der Waals surface area (Å²) in [5.74, 6) is 1.06. The van der Waals surface area contributed by atoms with E-state index in [0.29, 0.717) is 24.0 Å². The topological polar surface area (TPSA) is 70.8 Å². The molecule has 0 spiro atoms. The van der Waals surface area contributed by atoms with E-state index in [1.54, 1.807) is 0 Å². The fourth-order valence-corrected chi connectivity index (χ4v) is 2.86. The lowest BCUT2D eigenvalue weighted by Gasteiger charge is -2.22. The Kier molecular flexibility index (Phi) is 5.94. The van der Waals surface area contributed by atoms with Gasteiger partial charge in [0.2, 0.25) is 0 Å². The van der Waals surface area contributed by atoms with Gasteiger partial charge < -0.3 is 10.1 Å². The van der Waals surface area contributed by atoms with Gasteiger partial charge in [-0.25, -0.2) is 0 Å². The zero-order valence-corrected chi connectivity index (χ0v) is 13.0. The summed E-state index contributed by atoms with van der Waals surface area (Å²) in [6.07, 6.45) is 5.06. The van der Waals surface area contributed by atoms with Crippen LogP contribution in [0.15, 0.2) is 0 Å². The fraction of sp³-hybridized carbons (Fsp3) is 0.688. The first-order valence-electron chi connectivity index (χ1n) is 7.92. The van der Waals surface area contributed by atoms with E-state index in [4.69, 9.17) is 4.74 Å². The molecule has 5 heteroatoms. The van der Waals surface area contributed by atoms with Crippen molar-refractivity contribution in [3.63, 3.8) is 0 Å². The van der Waals surface area contributed by atoms with Gasteiger partial charge in [-0.15, -0.1) is 5.10 Å². The Morgan fingerprint density at radius 3 is 2.81 bits per heavy atom. The van der Waals surface area contributed by atoms with Crippen LogP contribution in [-0.2, 0) is 12.8 Å². The van der Waals surface area contributed by atoms with Gasteiger partial charge in [0.25, 0.3) is 5.88 Å². The summed E-state index contributed by atoms with van der Waals surface area (Å²) in [5.41, 5.74) is 2.44. The second-order valence-corrected chi connectivity index (χ2v) is 5.47. The summed E-state index contributed by atoms with van der Waals surface area (Å²) in [5, 5.41) is 21.1. The smallest absolute Gasteiger partial charge is 0.251 e. The number of nitrogens with zero attached hydrogens (tertiary/aromatic N) is 3. The standard InChI is InChI=1S/C16H24N4O/c1-3-13-14(10-17)16(20-19-15(13)4-2)21-9-7-12-6-5-8-18-11-12/h12,18H,3-9,11H2,1-2H3. The van der Waals surface area contributed by atoms with Crippen LogP contribution < -0.4 is 10.1 Å². The molecule has 0 radical (unpaired) electrons. The van der Waals surface area contributed by atoms with Gasteiger partial charge in [-0.2, -0.15) is 10.4 Å². The fourth-order valence-electron chi connectivity index (χ4n) is 2.86. The molecule has 2 heterocycles. The number of nitriles is 1. The maximum atomic E-state index is 9.39. The Bertz CT molecular complexity index is 504. The molecule has 2 rings (SSSR count). The van der Waals surface area contributed by atoms with Crippen LogP contribution in [0.4, 0.5) is 0 Å². The van der Waals surface area contributed by atoms with Crippen molar-refractivity contribution in [2.45, 2.75) is 46.0 Å². The highest BCUT2D eigenvalue weighted by atomic mass is 16.5. The molecule has 0 aromatic carbocycles. The van der Waals surface area contributed by atoms with Gasteiger partial charge in [0.15, 0.2) is 0 Å². The van der Waals surface area contributed by atoms with Crippen molar-refractivity contribution in [2.75, 3.05) is 19.7 Å². The maximum absolute atomic E-state index is 9.39. The van der Waals surface area contributed by atoms with Crippen LogP contribution in [-0.4, -0.2) is 29.9 Å². The molecular weight excluding hydrogens is 264 g/mol. The van der Waals surface area contributed by atoms with E-state index in [0.717, 1.165) is 43.6 Å². The Morgan fingerprint density at radius 1 is 1.33 bits per heavy atom. The van der Waals surface area contributed by atoms with Crippen LogP contribution in [0.3, 0.4) is 0 Å². The molecule has 21 heavy (non-hydrogen) atoms. The van der Waals surface area contributed by atoms with Crippen LogP contribution in [0.1, 0.15) is 49.9 Å². The molecule has 1 aliphatic rings. The van der Waals surface area contributed by atoms with E-state index in [2.05, 4.69) is 21.6 Å². The molecule has 1 saturated heterocycles. The van der Waals surface area contributed by atoms with Crippen molar-refractivity contribution >= 4 is 0 Å². The predicted molar refractivity (Wildman–Crippen MR) is 81.2 cm³/mol. The SMILES string of the molecule is CCc1nnc(OCCC2CCCNC2)c(C#N)c1CC. The Balaban J connectivity index is 2.00. The zero-order valence-electron chi connectivity index (χ0n) is 13.0. The number of aryl methyl sites for hydroxylation is 1. The van der Waals surface area contributed by atoms with Gasteiger partial charge in [0.1, 0.15) is 11.6 Å². The monoisotopic (exact) mass is 288 g/mol. The average Bonchev–Trinajstić information content (AvgIpc) is 2.55. The summed E-state index contributed by atoms with van der Waals surface area (Å²) in [6, 6.07) is 2.24. The molecule has 1 aromatic heterocycles. The maximum Gasteiger partial charge on any atom is 0.251 e. The summed E-state index contributed by atoms with van der Waals surface area (Å²) < 4.78 is 5.75. The van der Waals surface area contributed by atoms with Crippen LogP contribution in [0.5, 0.6) is 5.88 Å². The number of ether oxygens (including phenoxy) is 1. The minimum Gasteiger partial charge on any atom is -0.476 e. The van der Waals surface area contributed by atoms with Gasteiger partial charge in [-0.1, -0.05) is 13.8 Å². The molecule has 0 aliphatic carbocycles. The predicted octanol–water partition coefficient (Wildman–Crippen LogP) is 2.24. The van der Waals surface area contributed by atoms with Crippen LogP contribution >= 0.6 is 0 Å². The number of nitrogens with one attached hydrogen (secondary N) is 1. The van der Waals surface area contributed by atoms with Gasteiger partial charge in [-0.3, -0.25) is 0 Å². The van der Waals surface area contributed by atoms with E-state index < -0.39 is 0 Å². The second-order valence-electron chi connectivity index (χ2n) is 5.47. The largest absolute Gasteiger partial charge is 0.476 e. The zero-order chi connectivity index (χ0) is 15.1. The van der Waals surface area contributed by atoms with Crippen molar-refractivity contribution in [1.29, 1.82) is 5.26 Å². The molecule has 1 N–H and O–H groups in total. The van der Waals surface area contributed by atoms with Gasteiger partial charge in [-0.05, 0) is 56.7 Å². The van der Waals surface area contributed by atoms with E-state index in [9.17, 15) is 5.26 Å². The molecule has 114 valence electrons. The van der Waals surface area contributed by atoms with E-state index in [-0.39, 0.29) is 0 Å². The molecule has 1 aromatic rings. The second kappa shape index (κ2) is 7.94. The normalized spacial score (nSPS) is 18.2. The number of aromatic nitrogens is 2. The molecule has 5 nitrogen and oxygen atoms in total. The van der Waals surface area contributed by atoms with Crippen molar-refractivity contribution < 1.29 is 4.74 Å². The van der Waals surface area contributed by atoms with Gasteiger partial charge in [0.05, 0.1) is 12.3 Å². The van der Waals surface area contributed by atoms with Crippen molar-refractivity contribution in [2.24, 2.45) is 5.92 Å². The Labute approximate surface area is 126 Å². The highest BCUT2D eigenvalue weighted by Gasteiger charge is 2.17. The molecular formula is C16H24N4O. The van der Waals surface area contributed by atoms with Gasteiger partial charge >= 0.3 is 0 Å². The van der Waals surface area contributed by atoms with Crippen molar-refractivity contribution in [3.05, 3.63) is 16.8 Å². The first-order chi connectivity index (χ1) is 10.3. The minimum absolute atomic E-state index is 0.398. The summed E-state index contributed by atoms with van der Waals surface area (Å²) in [7, 11) is 0. The third-order valence-electron chi connectivity index (χ3n) is 4.09. The number of piperidine rings is 1. The third-order valence-corrected chi connectivity index (χ3v) is 4.09. The Morgan fingerprint density at radius 2 is 2.19 bits per heavy atom. The quantitative estimate of drug-likeness (QED) is 0.869.